The van der Waals surface area contributed by atoms with E-state index in [9.17, 15) is 23.6 Å². The van der Waals surface area contributed by atoms with Gasteiger partial charge in [-0.3, -0.25) is 9.59 Å². The van der Waals surface area contributed by atoms with E-state index in [1.54, 1.807) is 9.42 Å². The summed E-state index contributed by atoms with van der Waals surface area (Å²) >= 11 is 0. The fourth-order valence-corrected chi connectivity index (χ4v) is 4.11. The summed E-state index contributed by atoms with van der Waals surface area (Å²) in [7, 11) is 0. The Balaban J connectivity index is 1.36. The number of piperazine rings is 1. The highest BCUT2D eigenvalue weighted by Crippen LogP contribution is 2.19. The average molecular weight is 452 g/mol. The molecule has 0 spiro atoms. The van der Waals surface area contributed by atoms with Crippen LogP contribution in [0.5, 0.6) is 0 Å². The summed E-state index contributed by atoms with van der Waals surface area (Å²) in [5.41, 5.74) is 3.50. The van der Waals surface area contributed by atoms with E-state index in [0.29, 0.717) is 43.8 Å². The highest BCUT2D eigenvalue weighted by atomic mass is 19.2. The Morgan fingerprint density at radius 1 is 1.09 bits per heavy atom. The number of benzene rings is 1. The van der Waals surface area contributed by atoms with E-state index >= 15 is 0 Å². The molecular formula is C23H22F2N6O2. The van der Waals surface area contributed by atoms with Gasteiger partial charge in [-0.25, -0.2) is 18.3 Å². The van der Waals surface area contributed by atoms with Crippen LogP contribution in [0.4, 0.5) is 8.78 Å². The second-order valence-electron chi connectivity index (χ2n) is 7.97. The molecule has 1 fully saturated rings. The van der Waals surface area contributed by atoms with E-state index in [-0.39, 0.29) is 23.8 Å². The molecule has 170 valence electrons. The Hall–Kier alpha value is -3.87. The van der Waals surface area contributed by atoms with Crippen LogP contribution in [0, 0.1) is 36.8 Å². The maximum Gasteiger partial charge on any atom is 0.254 e. The van der Waals surface area contributed by atoms with Crippen LogP contribution in [-0.4, -0.2) is 62.4 Å². The van der Waals surface area contributed by atoms with Crippen molar-refractivity contribution in [2.45, 2.75) is 26.7 Å². The van der Waals surface area contributed by atoms with Gasteiger partial charge < -0.3 is 9.80 Å². The highest BCUT2D eigenvalue weighted by molar-refractivity contribution is 5.94. The van der Waals surface area contributed by atoms with Crippen LogP contribution < -0.4 is 0 Å². The van der Waals surface area contributed by atoms with Crippen LogP contribution in [0.15, 0.2) is 24.4 Å². The van der Waals surface area contributed by atoms with E-state index in [1.165, 1.54) is 17.2 Å². The van der Waals surface area contributed by atoms with Crippen molar-refractivity contribution in [1.82, 2.24) is 24.4 Å². The molecule has 0 radical (unpaired) electrons. The molecule has 1 aromatic carbocycles. The average Bonchev–Trinajstić information content (AvgIpc) is 3.23. The maximum atomic E-state index is 13.4. The lowest BCUT2D eigenvalue weighted by molar-refractivity contribution is -0.132. The molecule has 0 aliphatic carbocycles. The molecule has 33 heavy (non-hydrogen) atoms. The summed E-state index contributed by atoms with van der Waals surface area (Å²) in [5, 5.41) is 13.4. The summed E-state index contributed by atoms with van der Waals surface area (Å²) in [5.74, 6) is -2.48. The Bertz CT molecular complexity index is 1290. The van der Waals surface area contributed by atoms with Gasteiger partial charge >= 0.3 is 0 Å². The molecule has 4 rings (SSSR count). The van der Waals surface area contributed by atoms with Crippen molar-refractivity contribution in [2.75, 3.05) is 26.2 Å². The Labute approximate surface area is 189 Å². The van der Waals surface area contributed by atoms with Crippen LogP contribution in [0.2, 0.25) is 0 Å². The molecule has 3 aromatic rings. The lowest BCUT2D eigenvalue weighted by atomic mass is 10.1. The van der Waals surface area contributed by atoms with Crippen molar-refractivity contribution < 1.29 is 18.4 Å². The van der Waals surface area contributed by atoms with E-state index in [2.05, 4.69) is 16.2 Å². The lowest BCUT2D eigenvalue weighted by Gasteiger charge is -2.35. The van der Waals surface area contributed by atoms with Crippen LogP contribution in [0.3, 0.4) is 0 Å². The molecule has 0 N–H and O–H groups in total. The van der Waals surface area contributed by atoms with Gasteiger partial charge in [-0.1, -0.05) is 0 Å². The molecule has 1 aliphatic rings. The summed E-state index contributed by atoms with van der Waals surface area (Å²) in [6.45, 7) is 5.11. The number of rotatable bonds is 4. The number of hydrogen-bond acceptors (Lipinski definition) is 5. The molecule has 1 aliphatic heterocycles. The zero-order valence-electron chi connectivity index (χ0n) is 18.3. The molecule has 3 heterocycles. The Morgan fingerprint density at radius 2 is 1.79 bits per heavy atom. The van der Waals surface area contributed by atoms with Crippen molar-refractivity contribution >= 4 is 17.5 Å². The summed E-state index contributed by atoms with van der Waals surface area (Å²) in [6.07, 6.45) is 2.23. The minimum Gasteiger partial charge on any atom is -0.339 e. The second-order valence-corrected chi connectivity index (χ2v) is 7.97. The number of carbonyl (C=O) groups excluding carboxylic acids is 2. The first-order chi connectivity index (χ1) is 15.8. The number of aryl methyl sites for hydroxylation is 2. The van der Waals surface area contributed by atoms with Gasteiger partial charge in [0.05, 0.1) is 6.20 Å². The van der Waals surface area contributed by atoms with Gasteiger partial charge in [-0.05, 0) is 44.0 Å². The molecule has 10 heteroatoms. The normalized spacial score (nSPS) is 13.9. The number of aromatic nitrogens is 3. The van der Waals surface area contributed by atoms with Gasteiger partial charge in [-0.15, -0.1) is 0 Å². The number of carbonyl (C=O) groups is 2. The monoisotopic (exact) mass is 452 g/mol. The lowest BCUT2D eigenvalue weighted by Crippen LogP contribution is -2.50. The molecule has 8 nitrogen and oxygen atoms in total. The second kappa shape index (κ2) is 8.94. The predicted molar refractivity (Wildman–Crippen MR) is 114 cm³/mol. The van der Waals surface area contributed by atoms with Crippen molar-refractivity contribution in [1.29, 1.82) is 5.26 Å². The smallest absolute Gasteiger partial charge is 0.254 e. The minimum absolute atomic E-state index is 0.0352. The van der Waals surface area contributed by atoms with Gasteiger partial charge in [0.15, 0.2) is 17.3 Å². The number of halogens is 2. The summed E-state index contributed by atoms with van der Waals surface area (Å²) < 4.78 is 28.2. The maximum absolute atomic E-state index is 13.4. The van der Waals surface area contributed by atoms with Crippen molar-refractivity contribution in [3.8, 4) is 6.07 Å². The number of hydrogen-bond donors (Lipinski definition) is 0. The van der Waals surface area contributed by atoms with E-state index in [1.807, 2.05) is 13.8 Å². The summed E-state index contributed by atoms with van der Waals surface area (Å²) in [6, 6.07) is 5.16. The van der Waals surface area contributed by atoms with Gasteiger partial charge in [0.1, 0.15) is 11.6 Å². The largest absolute Gasteiger partial charge is 0.339 e. The van der Waals surface area contributed by atoms with Crippen LogP contribution >= 0.6 is 0 Å². The molecular weight excluding hydrogens is 430 g/mol. The van der Waals surface area contributed by atoms with Gasteiger partial charge in [0.25, 0.3) is 5.91 Å². The first-order valence-electron chi connectivity index (χ1n) is 10.6. The zero-order chi connectivity index (χ0) is 23.7. The Morgan fingerprint density at radius 3 is 2.45 bits per heavy atom. The number of nitriles is 1. The van der Waals surface area contributed by atoms with Crippen molar-refractivity contribution in [3.05, 3.63) is 64.1 Å². The Kier molecular flexibility index (Phi) is 6.05. The third-order valence-electron chi connectivity index (χ3n) is 6.00. The topological polar surface area (TPSA) is 94.6 Å². The fourth-order valence-electron chi connectivity index (χ4n) is 4.11. The van der Waals surface area contributed by atoms with Gasteiger partial charge in [0.2, 0.25) is 5.91 Å². The van der Waals surface area contributed by atoms with Crippen molar-refractivity contribution in [2.24, 2.45) is 0 Å². The van der Waals surface area contributed by atoms with Crippen molar-refractivity contribution in [3.63, 3.8) is 0 Å². The molecule has 2 amide bonds. The first-order valence-corrected chi connectivity index (χ1v) is 10.6. The molecule has 1 saturated heterocycles. The van der Waals surface area contributed by atoms with E-state index in [4.69, 9.17) is 0 Å². The molecule has 2 aromatic heterocycles. The summed E-state index contributed by atoms with van der Waals surface area (Å²) in [4.78, 5) is 33.1. The minimum atomic E-state index is -1.06. The first kappa shape index (κ1) is 22.3. The van der Waals surface area contributed by atoms with Crippen LogP contribution in [-0.2, 0) is 11.2 Å². The molecule has 0 bridgehead atoms. The zero-order valence-corrected chi connectivity index (χ0v) is 18.3. The number of fused-ring (bicyclic) bond motifs is 1. The molecule has 0 saturated carbocycles. The fraction of sp³-hybridized carbons (Fsp3) is 0.348. The third-order valence-corrected chi connectivity index (χ3v) is 6.00. The van der Waals surface area contributed by atoms with E-state index < -0.39 is 11.6 Å². The highest BCUT2D eigenvalue weighted by Gasteiger charge is 2.25. The number of nitrogens with zero attached hydrogens (tertiary/aromatic N) is 6. The molecule has 0 unspecified atom stereocenters. The van der Waals surface area contributed by atoms with Gasteiger partial charge in [0, 0.05) is 49.6 Å². The standard InChI is InChI=1S/C23H22F2N6O2/c1-14-18(15(2)31-22(28-14)17(12-26)13-27-31)4-6-21(32)29-7-9-30(10-8-29)23(33)16-3-5-19(24)20(25)11-16/h3,5,11,13H,4,6-10H2,1-2H3. The SMILES string of the molecule is Cc1nc2c(C#N)cnn2c(C)c1CCC(=O)N1CCN(C(=O)c2ccc(F)c(F)c2)CC1. The third kappa shape index (κ3) is 4.26. The quantitative estimate of drug-likeness (QED) is 0.606. The van der Waals surface area contributed by atoms with Gasteiger partial charge in [-0.2, -0.15) is 10.4 Å². The van der Waals surface area contributed by atoms with Crippen LogP contribution in [0.25, 0.3) is 5.65 Å². The van der Waals surface area contributed by atoms with E-state index in [0.717, 1.165) is 29.1 Å². The van der Waals surface area contributed by atoms with Crippen LogP contribution in [0.1, 0.15) is 39.3 Å². The molecule has 0 atom stereocenters. The number of amides is 2. The predicted octanol–water partition coefficient (Wildman–Crippen LogP) is 2.41.